The summed E-state index contributed by atoms with van der Waals surface area (Å²) < 4.78 is 1.85. The van der Waals surface area contributed by atoms with E-state index in [2.05, 4.69) is 15.7 Å². The molecule has 3 amide bonds. The Labute approximate surface area is 158 Å². The molecule has 1 aliphatic heterocycles. The third-order valence-electron chi connectivity index (χ3n) is 4.80. The van der Waals surface area contributed by atoms with Gasteiger partial charge >= 0.3 is 6.03 Å². The molecule has 8 heteroatoms. The van der Waals surface area contributed by atoms with E-state index in [1.165, 1.54) is 0 Å². The summed E-state index contributed by atoms with van der Waals surface area (Å²) in [6, 6.07) is 11.5. The van der Waals surface area contributed by atoms with Crippen LogP contribution in [0.5, 0.6) is 0 Å². The minimum absolute atomic E-state index is 0.129. The number of carbonyl (C=O) groups is 2. The Morgan fingerprint density at radius 3 is 2.74 bits per heavy atom. The number of nitrogens with one attached hydrogen (secondary N) is 2. The van der Waals surface area contributed by atoms with Gasteiger partial charge in [0.2, 0.25) is 5.91 Å². The first-order valence-electron chi connectivity index (χ1n) is 9.08. The molecule has 0 spiro atoms. The molecule has 1 aliphatic rings. The van der Waals surface area contributed by atoms with Crippen molar-refractivity contribution < 1.29 is 14.7 Å². The molecule has 1 aromatic carbocycles. The number of amides is 3. The Balaban J connectivity index is 1.50. The molecular weight excluding hydrogens is 346 g/mol. The van der Waals surface area contributed by atoms with Gasteiger partial charge in [-0.15, -0.1) is 0 Å². The van der Waals surface area contributed by atoms with Crippen LogP contribution in [-0.4, -0.2) is 64.5 Å². The highest BCUT2D eigenvalue weighted by Gasteiger charge is 2.34. The fourth-order valence-corrected chi connectivity index (χ4v) is 3.29. The highest BCUT2D eigenvalue weighted by molar-refractivity contribution is 5.77. The molecule has 2 heterocycles. The maximum Gasteiger partial charge on any atom is 0.317 e. The molecule has 2 aromatic rings. The van der Waals surface area contributed by atoms with Gasteiger partial charge in [0.25, 0.3) is 0 Å². The normalized spacial score (nSPS) is 19.1. The molecule has 144 valence electrons. The Morgan fingerprint density at radius 1 is 1.22 bits per heavy atom. The first kappa shape index (κ1) is 18.9. The highest BCUT2D eigenvalue weighted by Crippen LogP contribution is 2.20. The lowest BCUT2D eigenvalue weighted by Crippen LogP contribution is -2.40. The molecule has 1 aromatic heterocycles. The standard InChI is InChI=1S/C19H25N5O3/c1-20-18(26)11-14-12-23(13-17(14)25)19(27)21-9-7-16-8-10-22-24(16)15-5-3-2-4-6-15/h2-6,8,10,14,17,25H,7,9,11-13H2,1H3,(H,20,26)(H,21,27)/t14-,17-/m1/s1. The summed E-state index contributed by atoms with van der Waals surface area (Å²) in [6.07, 6.45) is 1.92. The lowest BCUT2D eigenvalue weighted by atomic mass is 10.0. The number of β-amino-alcohol motifs (C(OH)–C–C–N with tert-alkyl or cyclic N) is 1. The number of para-hydroxylation sites is 1. The highest BCUT2D eigenvalue weighted by atomic mass is 16.3. The average molecular weight is 371 g/mol. The lowest BCUT2D eigenvalue weighted by molar-refractivity contribution is -0.122. The fraction of sp³-hybridized carbons (Fsp3) is 0.421. The third-order valence-corrected chi connectivity index (χ3v) is 4.80. The van der Waals surface area contributed by atoms with Crippen molar-refractivity contribution in [3.63, 3.8) is 0 Å². The van der Waals surface area contributed by atoms with Crippen molar-refractivity contribution in [3.05, 3.63) is 48.3 Å². The SMILES string of the molecule is CNC(=O)C[C@@H]1CN(C(=O)NCCc2ccnn2-c2ccccc2)C[C@H]1O. The molecule has 8 nitrogen and oxygen atoms in total. The minimum atomic E-state index is -0.674. The molecule has 0 saturated carbocycles. The van der Waals surface area contributed by atoms with Crippen molar-refractivity contribution in [1.29, 1.82) is 0 Å². The molecule has 0 bridgehead atoms. The Bertz CT molecular complexity index is 777. The van der Waals surface area contributed by atoms with Gasteiger partial charge in [-0.25, -0.2) is 9.48 Å². The summed E-state index contributed by atoms with van der Waals surface area (Å²) in [5.74, 6) is -0.356. The quantitative estimate of drug-likeness (QED) is 0.691. The molecule has 2 atom stereocenters. The second-order valence-electron chi connectivity index (χ2n) is 6.66. The summed E-state index contributed by atoms with van der Waals surface area (Å²) in [5, 5.41) is 19.8. The molecule has 1 fully saturated rings. The van der Waals surface area contributed by atoms with Gasteiger partial charge in [0, 0.05) is 57.3 Å². The molecule has 27 heavy (non-hydrogen) atoms. The maximum absolute atomic E-state index is 12.4. The Kier molecular flexibility index (Phi) is 6.08. The largest absolute Gasteiger partial charge is 0.391 e. The van der Waals surface area contributed by atoms with Gasteiger partial charge < -0.3 is 20.6 Å². The summed E-state index contributed by atoms with van der Waals surface area (Å²) in [6.45, 7) is 1.09. The number of nitrogens with zero attached hydrogens (tertiary/aromatic N) is 3. The van der Waals surface area contributed by atoms with Gasteiger partial charge in [-0.05, 0) is 18.2 Å². The predicted octanol–water partition coefficient (Wildman–Crippen LogP) is 0.553. The number of rotatable bonds is 6. The molecule has 0 radical (unpaired) electrons. The fourth-order valence-electron chi connectivity index (χ4n) is 3.29. The number of carbonyl (C=O) groups excluding carboxylic acids is 2. The number of likely N-dealkylation sites (tertiary alicyclic amines) is 1. The van der Waals surface area contributed by atoms with Crippen LogP contribution in [0.15, 0.2) is 42.6 Å². The molecular formula is C19H25N5O3. The van der Waals surface area contributed by atoms with Crippen LogP contribution in [0.25, 0.3) is 5.69 Å². The zero-order valence-electron chi connectivity index (χ0n) is 15.3. The van der Waals surface area contributed by atoms with E-state index in [0.29, 0.717) is 19.5 Å². The van der Waals surface area contributed by atoms with E-state index in [4.69, 9.17) is 0 Å². The van der Waals surface area contributed by atoms with Crippen molar-refractivity contribution >= 4 is 11.9 Å². The van der Waals surface area contributed by atoms with Crippen LogP contribution >= 0.6 is 0 Å². The maximum atomic E-state index is 12.4. The van der Waals surface area contributed by atoms with Crippen molar-refractivity contribution in [1.82, 2.24) is 25.3 Å². The third kappa shape index (κ3) is 4.65. The smallest absolute Gasteiger partial charge is 0.317 e. The first-order valence-corrected chi connectivity index (χ1v) is 9.08. The molecule has 3 N–H and O–H groups in total. The van der Waals surface area contributed by atoms with Gasteiger partial charge in [-0.1, -0.05) is 18.2 Å². The van der Waals surface area contributed by atoms with Gasteiger partial charge in [0.15, 0.2) is 0 Å². The summed E-state index contributed by atoms with van der Waals surface area (Å²) in [7, 11) is 1.56. The average Bonchev–Trinajstić information content (AvgIpc) is 3.29. The number of aliphatic hydroxyl groups excluding tert-OH is 1. The minimum Gasteiger partial charge on any atom is -0.391 e. The molecule has 3 rings (SSSR count). The Morgan fingerprint density at radius 2 is 2.00 bits per heavy atom. The number of aromatic nitrogens is 2. The lowest BCUT2D eigenvalue weighted by Gasteiger charge is -2.17. The van der Waals surface area contributed by atoms with Crippen LogP contribution in [0.1, 0.15) is 12.1 Å². The van der Waals surface area contributed by atoms with E-state index in [9.17, 15) is 14.7 Å². The van der Waals surface area contributed by atoms with E-state index in [1.807, 2.05) is 41.1 Å². The van der Waals surface area contributed by atoms with Crippen LogP contribution in [0.3, 0.4) is 0 Å². The van der Waals surface area contributed by atoms with Gasteiger partial charge in [-0.2, -0.15) is 5.10 Å². The monoisotopic (exact) mass is 371 g/mol. The second-order valence-corrected chi connectivity index (χ2v) is 6.66. The summed E-state index contributed by atoms with van der Waals surface area (Å²) >= 11 is 0. The zero-order valence-corrected chi connectivity index (χ0v) is 15.3. The van der Waals surface area contributed by atoms with Crippen molar-refractivity contribution in [2.45, 2.75) is 18.9 Å². The van der Waals surface area contributed by atoms with Gasteiger partial charge in [0.1, 0.15) is 0 Å². The number of hydrogen-bond acceptors (Lipinski definition) is 4. The van der Waals surface area contributed by atoms with Crippen LogP contribution in [0.2, 0.25) is 0 Å². The van der Waals surface area contributed by atoms with E-state index < -0.39 is 6.10 Å². The number of benzene rings is 1. The zero-order chi connectivity index (χ0) is 19.2. The summed E-state index contributed by atoms with van der Waals surface area (Å²) in [5.41, 5.74) is 1.98. The number of hydrogen-bond donors (Lipinski definition) is 3. The van der Waals surface area contributed by atoms with Crippen LogP contribution in [0.4, 0.5) is 4.79 Å². The van der Waals surface area contributed by atoms with Gasteiger partial charge in [0.05, 0.1) is 11.8 Å². The van der Waals surface area contributed by atoms with Crippen molar-refractivity contribution in [2.75, 3.05) is 26.7 Å². The molecule has 1 saturated heterocycles. The second kappa shape index (κ2) is 8.68. The molecule has 0 aliphatic carbocycles. The van der Waals surface area contributed by atoms with Crippen LogP contribution < -0.4 is 10.6 Å². The first-order chi connectivity index (χ1) is 13.1. The predicted molar refractivity (Wildman–Crippen MR) is 100 cm³/mol. The van der Waals surface area contributed by atoms with Crippen LogP contribution in [0, 0.1) is 5.92 Å². The van der Waals surface area contributed by atoms with E-state index in [0.717, 1.165) is 11.4 Å². The number of aliphatic hydroxyl groups is 1. The molecule has 0 unspecified atom stereocenters. The Hall–Kier alpha value is -2.87. The van der Waals surface area contributed by atoms with E-state index >= 15 is 0 Å². The number of urea groups is 1. The summed E-state index contributed by atoms with van der Waals surface area (Å²) in [4.78, 5) is 25.4. The van der Waals surface area contributed by atoms with Crippen molar-refractivity contribution in [3.8, 4) is 5.69 Å². The van der Waals surface area contributed by atoms with Crippen LogP contribution in [-0.2, 0) is 11.2 Å². The topological polar surface area (TPSA) is 99.5 Å². The van der Waals surface area contributed by atoms with E-state index in [-0.39, 0.29) is 30.8 Å². The van der Waals surface area contributed by atoms with Crippen molar-refractivity contribution in [2.24, 2.45) is 5.92 Å². The van der Waals surface area contributed by atoms with E-state index in [1.54, 1.807) is 18.1 Å². The van der Waals surface area contributed by atoms with Gasteiger partial charge in [-0.3, -0.25) is 4.79 Å².